The molecule has 2 aromatic rings. The summed E-state index contributed by atoms with van der Waals surface area (Å²) in [5.41, 5.74) is 2.52. The summed E-state index contributed by atoms with van der Waals surface area (Å²) in [6.07, 6.45) is 1.83. The first kappa shape index (κ1) is 13.9. The molecule has 0 unspecified atom stereocenters. The van der Waals surface area contributed by atoms with E-state index in [1.165, 1.54) is 6.07 Å². The minimum Gasteiger partial charge on any atom is -0.294 e. The second kappa shape index (κ2) is 5.61. The number of pyridine rings is 1. The molecule has 0 bridgehead atoms. The molecule has 0 fully saturated rings. The highest BCUT2D eigenvalue weighted by Crippen LogP contribution is 2.20. The zero-order valence-electron chi connectivity index (χ0n) is 11.3. The first-order valence-electron chi connectivity index (χ1n) is 6.17. The van der Waals surface area contributed by atoms with E-state index in [2.05, 4.69) is 4.98 Å². The van der Waals surface area contributed by atoms with E-state index < -0.39 is 4.92 Å². The van der Waals surface area contributed by atoms with Crippen molar-refractivity contribution in [3.63, 3.8) is 0 Å². The average molecular weight is 270 g/mol. The van der Waals surface area contributed by atoms with Crippen LogP contribution in [-0.4, -0.2) is 15.7 Å². The van der Waals surface area contributed by atoms with E-state index in [0.717, 1.165) is 5.56 Å². The molecule has 0 spiro atoms. The summed E-state index contributed by atoms with van der Waals surface area (Å²) in [7, 11) is 0. The molecule has 1 aromatic heterocycles. The van der Waals surface area contributed by atoms with Gasteiger partial charge < -0.3 is 0 Å². The Hall–Kier alpha value is -2.56. The Balaban J connectivity index is 2.23. The van der Waals surface area contributed by atoms with Crippen LogP contribution in [0.3, 0.4) is 0 Å². The van der Waals surface area contributed by atoms with Crippen LogP contribution in [0.15, 0.2) is 36.5 Å². The Morgan fingerprint density at radius 3 is 2.60 bits per heavy atom. The zero-order chi connectivity index (χ0) is 14.7. The largest absolute Gasteiger partial charge is 0.294 e. The van der Waals surface area contributed by atoms with Gasteiger partial charge in [-0.3, -0.25) is 19.9 Å². The van der Waals surface area contributed by atoms with Crippen LogP contribution in [0.25, 0.3) is 0 Å². The number of nitro groups is 1. The number of aromatic nitrogens is 1. The van der Waals surface area contributed by atoms with Crippen LogP contribution in [0.4, 0.5) is 5.69 Å². The fraction of sp³-hybridized carbons (Fsp3) is 0.200. The third kappa shape index (κ3) is 3.06. The molecule has 0 atom stereocenters. The lowest BCUT2D eigenvalue weighted by molar-refractivity contribution is -0.385. The van der Waals surface area contributed by atoms with E-state index in [1.54, 1.807) is 31.3 Å². The van der Waals surface area contributed by atoms with Crippen molar-refractivity contribution in [3.8, 4) is 0 Å². The van der Waals surface area contributed by atoms with Crippen LogP contribution < -0.4 is 0 Å². The third-order valence-corrected chi connectivity index (χ3v) is 3.04. The molecule has 0 aliphatic heterocycles. The van der Waals surface area contributed by atoms with Gasteiger partial charge in [0, 0.05) is 29.1 Å². The second-order valence-electron chi connectivity index (χ2n) is 4.69. The molecule has 0 amide bonds. The fourth-order valence-corrected chi connectivity index (χ4v) is 1.85. The number of hydrogen-bond acceptors (Lipinski definition) is 4. The van der Waals surface area contributed by atoms with Crippen LogP contribution >= 0.6 is 0 Å². The maximum Gasteiger partial charge on any atom is 0.273 e. The van der Waals surface area contributed by atoms with Gasteiger partial charge in [0.25, 0.3) is 5.69 Å². The molecule has 5 nitrogen and oxygen atoms in total. The van der Waals surface area contributed by atoms with Gasteiger partial charge in [-0.15, -0.1) is 0 Å². The van der Waals surface area contributed by atoms with Crippen LogP contribution in [-0.2, 0) is 6.42 Å². The molecule has 0 saturated carbocycles. The smallest absolute Gasteiger partial charge is 0.273 e. The van der Waals surface area contributed by atoms with Crippen LogP contribution in [0.5, 0.6) is 0 Å². The van der Waals surface area contributed by atoms with E-state index in [1.807, 2.05) is 13.0 Å². The highest BCUT2D eigenvalue weighted by Gasteiger charge is 2.15. The van der Waals surface area contributed by atoms with Crippen molar-refractivity contribution in [2.45, 2.75) is 20.3 Å². The third-order valence-electron chi connectivity index (χ3n) is 3.04. The van der Waals surface area contributed by atoms with Crippen molar-refractivity contribution in [1.82, 2.24) is 4.98 Å². The van der Waals surface area contributed by atoms with E-state index in [0.29, 0.717) is 16.8 Å². The Morgan fingerprint density at radius 1 is 1.25 bits per heavy atom. The van der Waals surface area contributed by atoms with Gasteiger partial charge in [-0.05, 0) is 25.5 Å². The number of rotatable bonds is 4. The van der Waals surface area contributed by atoms with Crippen molar-refractivity contribution in [1.29, 1.82) is 0 Å². The number of carbonyl (C=O) groups excluding carboxylic acids is 1. The maximum absolute atomic E-state index is 12.1. The molecule has 1 aromatic carbocycles. The summed E-state index contributed by atoms with van der Waals surface area (Å²) in [5.74, 6) is -0.176. The normalized spacial score (nSPS) is 10.3. The van der Waals surface area contributed by atoms with Gasteiger partial charge in [0.1, 0.15) is 0 Å². The summed E-state index contributed by atoms with van der Waals surface area (Å²) in [5, 5.41) is 10.9. The SMILES string of the molecule is Cc1ccc(CC(=O)c2ccc(C)c([N+](=O)[O-])c2)nc1. The van der Waals surface area contributed by atoms with Gasteiger partial charge >= 0.3 is 0 Å². The van der Waals surface area contributed by atoms with Gasteiger partial charge in [0.15, 0.2) is 5.78 Å². The van der Waals surface area contributed by atoms with Crippen molar-refractivity contribution in [3.05, 3.63) is 69.0 Å². The molecule has 20 heavy (non-hydrogen) atoms. The molecule has 2 rings (SSSR count). The van der Waals surface area contributed by atoms with Crippen molar-refractivity contribution in [2.75, 3.05) is 0 Å². The van der Waals surface area contributed by atoms with Gasteiger partial charge in [0.2, 0.25) is 0 Å². The summed E-state index contributed by atoms with van der Waals surface area (Å²) >= 11 is 0. The molecule has 1 heterocycles. The lowest BCUT2D eigenvalue weighted by Crippen LogP contribution is -2.06. The van der Waals surface area contributed by atoms with Crippen LogP contribution in [0.1, 0.15) is 27.2 Å². The predicted molar refractivity (Wildman–Crippen MR) is 74.8 cm³/mol. The number of aryl methyl sites for hydroxylation is 2. The number of ketones is 1. The molecule has 0 saturated heterocycles. The topological polar surface area (TPSA) is 73.1 Å². The molecule has 102 valence electrons. The summed E-state index contributed by atoms with van der Waals surface area (Å²) in [4.78, 5) is 26.7. The standard InChI is InChI=1S/C15H14N2O3/c1-10-3-6-13(16-9-10)8-15(18)12-5-4-11(2)14(7-12)17(19)20/h3-7,9H,8H2,1-2H3. The van der Waals surface area contributed by atoms with Crippen molar-refractivity contribution in [2.24, 2.45) is 0 Å². The number of benzene rings is 1. The number of nitro benzene ring substituents is 1. The first-order chi connectivity index (χ1) is 9.47. The monoisotopic (exact) mass is 270 g/mol. The summed E-state index contributed by atoms with van der Waals surface area (Å²) < 4.78 is 0. The average Bonchev–Trinajstić information content (AvgIpc) is 2.41. The van der Waals surface area contributed by atoms with E-state index in [9.17, 15) is 14.9 Å². The molecule has 0 aliphatic carbocycles. The second-order valence-corrected chi connectivity index (χ2v) is 4.69. The lowest BCUT2D eigenvalue weighted by Gasteiger charge is -2.03. The Morgan fingerprint density at radius 2 is 2.00 bits per heavy atom. The summed E-state index contributed by atoms with van der Waals surface area (Å²) in [6, 6.07) is 8.20. The minimum atomic E-state index is -0.476. The first-order valence-corrected chi connectivity index (χ1v) is 6.17. The molecule has 0 radical (unpaired) electrons. The fourth-order valence-electron chi connectivity index (χ4n) is 1.85. The van der Waals surface area contributed by atoms with Gasteiger partial charge in [-0.2, -0.15) is 0 Å². The van der Waals surface area contributed by atoms with E-state index >= 15 is 0 Å². The van der Waals surface area contributed by atoms with Crippen molar-refractivity contribution >= 4 is 11.5 Å². The number of Topliss-reactive ketones (excluding diaryl/α,β-unsaturated/α-hetero) is 1. The quantitative estimate of drug-likeness (QED) is 0.486. The molecular formula is C15H14N2O3. The maximum atomic E-state index is 12.1. The Bertz CT molecular complexity index is 663. The zero-order valence-corrected chi connectivity index (χ0v) is 11.3. The molecule has 0 N–H and O–H groups in total. The molecule has 5 heteroatoms. The van der Waals surface area contributed by atoms with Gasteiger partial charge in [0.05, 0.1) is 11.3 Å². The van der Waals surface area contributed by atoms with E-state index in [-0.39, 0.29) is 17.9 Å². The number of hydrogen-bond donors (Lipinski definition) is 0. The van der Waals surface area contributed by atoms with E-state index in [4.69, 9.17) is 0 Å². The number of carbonyl (C=O) groups is 1. The van der Waals surface area contributed by atoms with Crippen LogP contribution in [0.2, 0.25) is 0 Å². The molecular weight excluding hydrogens is 256 g/mol. The minimum absolute atomic E-state index is 0.0345. The van der Waals surface area contributed by atoms with Crippen molar-refractivity contribution < 1.29 is 9.72 Å². The van der Waals surface area contributed by atoms with Gasteiger partial charge in [-0.1, -0.05) is 18.2 Å². The van der Waals surface area contributed by atoms with Crippen LogP contribution in [0, 0.1) is 24.0 Å². The highest BCUT2D eigenvalue weighted by molar-refractivity contribution is 5.98. The number of nitrogens with zero attached hydrogens (tertiary/aromatic N) is 2. The Kier molecular flexibility index (Phi) is 3.89. The highest BCUT2D eigenvalue weighted by atomic mass is 16.6. The molecule has 0 aliphatic rings. The van der Waals surface area contributed by atoms with Gasteiger partial charge in [-0.25, -0.2) is 0 Å². The lowest BCUT2D eigenvalue weighted by atomic mass is 10.0. The predicted octanol–water partition coefficient (Wildman–Crippen LogP) is 3.03. The summed E-state index contributed by atoms with van der Waals surface area (Å²) in [6.45, 7) is 3.57. The Labute approximate surface area is 116 Å².